The summed E-state index contributed by atoms with van der Waals surface area (Å²) in [5, 5.41) is 9.39. The van der Waals surface area contributed by atoms with E-state index in [0.29, 0.717) is 18.2 Å². The smallest absolute Gasteiger partial charge is 0.335 e. The van der Waals surface area contributed by atoms with Crippen LogP contribution in [0.2, 0.25) is 5.02 Å². The molecule has 106 valence electrons. The number of carboxylic acid groups (broad SMARTS) is 1. The van der Waals surface area contributed by atoms with Crippen molar-refractivity contribution in [3.63, 3.8) is 0 Å². The molecule has 1 aromatic carbocycles. The third kappa shape index (κ3) is 4.49. The van der Waals surface area contributed by atoms with Gasteiger partial charge in [-0.1, -0.05) is 24.6 Å². The summed E-state index contributed by atoms with van der Waals surface area (Å²) in [5.41, 5.74) is 1.14. The zero-order valence-corrected chi connectivity index (χ0v) is 12.3. The Morgan fingerprint density at radius 3 is 2.68 bits per heavy atom. The number of carboxylic acids is 1. The lowest BCUT2D eigenvalue weighted by molar-refractivity contribution is 0.0697. The van der Waals surface area contributed by atoms with Crippen LogP contribution in [-0.4, -0.2) is 42.3 Å². The van der Waals surface area contributed by atoms with Crippen LogP contribution in [0.3, 0.4) is 0 Å². The van der Waals surface area contributed by atoms with Gasteiger partial charge in [0.2, 0.25) is 0 Å². The minimum absolute atomic E-state index is 0.210. The number of rotatable bonds is 7. The van der Waals surface area contributed by atoms with Gasteiger partial charge in [0.1, 0.15) is 0 Å². The average Bonchev–Trinajstić information content (AvgIpc) is 2.37. The molecule has 0 aliphatic rings. The van der Waals surface area contributed by atoms with Crippen molar-refractivity contribution in [3.05, 3.63) is 34.3 Å². The number of halogens is 1. The van der Waals surface area contributed by atoms with Gasteiger partial charge in [0.25, 0.3) is 0 Å². The number of ether oxygens (including phenoxy) is 1. The van der Waals surface area contributed by atoms with E-state index in [1.165, 1.54) is 6.07 Å². The van der Waals surface area contributed by atoms with Gasteiger partial charge in [-0.15, -0.1) is 0 Å². The minimum atomic E-state index is -0.964. The highest BCUT2D eigenvalue weighted by molar-refractivity contribution is 6.31. The van der Waals surface area contributed by atoms with Crippen LogP contribution in [0.5, 0.6) is 0 Å². The van der Waals surface area contributed by atoms with Crippen molar-refractivity contribution in [2.24, 2.45) is 0 Å². The second kappa shape index (κ2) is 7.48. The quantitative estimate of drug-likeness (QED) is 0.837. The Morgan fingerprint density at radius 2 is 2.21 bits per heavy atom. The number of benzene rings is 1. The Morgan fingerprint density at radius 1 is 1.53 bits per heavy atom. The average molecular weight is 286 g/mol. The largest absolute Gasteiger partial charge is 0.478 e. The van der Waals surface area contributed by atoms with Crippen LogP contribution in [-0.2, 0) is 11.3 Å². The number of methoxy groups -OCH3 is 1. The monoisotopic (exact) mass is 285 g/mol. The minimum Gasteiger partial charge on any atom is -0.478 e. The van der Waals surface area contributed by atoms with Gasteiger partial charge in [-0.2, -0.15) is 0 Å². The molecule has 1 atom stereocenters. The molecule has 4 nitrogen and oxygen atoms in total. The first-order valence-electron chi connectivity index (χ1n) is 6.24. The molecular weight excluding hydrogens is 266 g/mol. The maximum atomic E-state index is 10.9. The van der Waals surface area contributed by atoms with E-state index < -0.39 is 5.97 Å². The van der Waals surface area contributed by atoms with Crippen molar-refractivity contribution in [1.82, 2.24) is 4.90 Å². The van der Waals surface area contributed by atoms with Gasteiger partial charge in [0.15, 0.2) is 0 Å². The van der Waals surface area contributed by atoms with Crippen molar-refractivity contribution >= 4 is 17.6 Å². The molecule has 0 aromatic heterocycles. The Hall–Kier alpha value is -1.10. The summed E-state index contributed by atoms with van der Waals surface area (Å²) in [5.74, 6) is -0.964. The van der Waals surface area contributed by atoms with Gasteiger partial charge in [-0.3, -0.25) is 4.90 Å². The zero-order chi connectivity index (χ0) is 14.4. The normalized spacial score (nSPS) is 12.7. The molecule has 19 heavy (non-hydrogen) atoms. The number of likely N-dealkylation sites (N-methyl/N-ethyl adjacent to an activating group) is 1. The van der Waals surface area contributed by atoms with Crippen molar-refractivity contribution in [1.29, 1.82) is 0 Å². The summed E-state index contributed by atoms with van der Waals surface area (Å²) in [6.07, 6.45) is 0. The third-order valence-electron chi connectivity index (χ3n) is 3.11. The molecule has 0 saturated carbocycles. The first-order chi connectivity index (χ1) is 8.99. The predicted octanol–water partition coefficient (Wildman–Crippen LogP) is 2.90. The van der Waals surface area contributed by atoms with Crippen LogP contribution in [0, 0.1) is 0 Å². The summed E-state index contributed by atoms with van der Waals surface area (Å²) in [6, 6.07) is 5.13. The third-order valence-corrected chi connectivity index (χ3v) is 3.46. The molecule has 0 aliphatic heterocycles. The molecule has 0 spiro atoms. The van der Waals surface area contributed by atoms with E-state index in [-0.39, 0.29) is 11.6 Å². The maximum Gasteiger partial charge on any atom is 0.335 e. The first kappa shape index (κ1) is 16.0. The summed E-state index contributed by atoms with van der Waals surface area (Å²) in [7, 11) is 1.68. The number of carbonyl (C=O) groups is 1. The van der Waals surface area contributed by atoms with Crippen LogP contribution < -0.4 is 0 Å². The van der Waals surface area contributed by atoms with E-state index >= 15 is 0 Å². The molecule has 0 radical (unpaired) electrons. The Labute approximate surface area is 118 Å². The molecular formula is C14H20ClNO3. The Balaban J connectivity index is 2.83. The van der Waals surface area contributed by atoms with E-state index in [9.17, 15) is 4.79 Å². The standard InChI is InChI=1S/C14H20ClNO3/c1-4-16(10(2)9-19-3)8-12-6-5-11(14(17)18)7-13(12)15/h5-7,10H,4,8-9H2,1-3H3,(H,17,18). The van der Waals surface area contributed by atoms with Gasteiger partial charge in [-0.25, -0.2) is 4.79 Å². The van der Waals surface area contributed by atoms with E-state index in [2.05, 4.69) is 18.7 Å². The maximum absolute atomic E-state index is 10.9. The molecule has 0 heterocycles. The van der Waals surface area contributed by atoms with E-state index in [0.717, 1.165) is 12.1 Å². The van der Waals surface area contributed by atoms with Crippen molar-refractivity contribution in [2.75, 3.05) is 20.3 Å². The summed E-state index contributed by atoms with van der Waals surface area (Å²) >= 11 is 6.14. The van der Waals surface area contributed by atoms with E-state index in [1.54, 1.807) is 19.2 Å². The lowest BCUT2D eigenvalue weighted by atomic mass is 10.1. The molecule has 0 saturated heterocycles. The lowest BCUT2D eigenvalue weighted by Gasteiger charge is -2.27. The lowest BCUT2D eigenvalue weighted by Crippen LogP contribution is -2.35. The summed E-state index contributed by atoms with van der Waals surface area (Å²) in [6.45, 7) is 6.37. The fraction of sp³-hybridized carbons (Fsp3) is 0.500. The Bertz CT molecular complexity index is 437. The highest BCUT2D eigenvalue weighted by Gasteiger charge is 2.14. The van der Waals surface area contributed by atoms with Gasteiger partial charge in [-0.05, 0) is 31.2 Å². The van der Waals surface area contributed by atoms with Crippen molar-refractivity contribution in [2.45, 2.75) is 26.4 Å². The fourth-order valence-electron chi connectivity index (χ4n) is 1.95. The van der Waals surface area contributed by atoms with E-state index in [4.69, 9.17) is 21.4 Å². The molecule has 0 amide bonds. The summed E-state index contributed by atoms with van der Waals surface area (Å²) < 4.78 is 5.15. The molecule has 1 unspecified atom stereocenters. The number of nitrogens with zero attached hydrogens (tertiary/aromatic N) is 1. The van der Waals surface area contributed by atoms with Crippen LogP contribution in [0.15, 0.2) is 18.2 Å². The van der Waals surface area contributed by atoms with Crippen molar-refractivity contribution < 1.29 is 14.6 Å². The van der Waals surface area contributed by atoms with Gasteiger partial charge in [0.05, 0.1) is 12.2 Å². The second-order valence-electron chi connectivity index (χ2n) is 4.48. The highest BCUT2D eigenvalue weighted by atomic mass is 35.5. The van der Waals surface area contributed by atoms with Crippen LogP contribution in [0.4, 0.5) is 0 Å². The zero-order valence-electron chi connectivity index (χ0n) is 11.5. The second-order valence-corrected chi connectivity index (χ2v) is 4.89. The van der Waals surface area contributed by atoms with Gasteiger partial charge in [0, 0.05) is 24.7 Å². The molecule has 0 fully saturated rings. The number of aromatic carboxylic acids is 1. The number of hydrogen-bond acceptors (Lipinski definition) is 3. The molecule has 1 aromatic rings. The van der Waals surface area contributed by atoms with Crippen LogP contribution >= 0.6 is 11.6 Å². The Kier molecular flexibility index (Phi) is 6.28. The first-order valence-corrected chi connectivity index (χ1v) is 6.62. The van der Waals surface area contributed by atoms with Crippen molar-refractivity contribution in [3.8, 4) is 0 Å². The van der Waals surface area contributed by atoms with Gasteiger partial charge >= 0.3 is 5.97 Å². The SMILES string of the molecule is CCN(Cc1ccc(C(=O)O)cc1Cl)C(C)COC. The highest BCUT2D eigenvalue weighted by Crippen LogP contribution is 2.20. The van der Waals surface area contributed by atoms with Gasteiger partial charge < -0.3 is 9.84 Å². The number of hydrogen-bond donors (Lipinski definition) is 1. The molecule has 1 rings (SSSR count). The topological polar surface area (TPSA) is 49.8 Å². The molecule has 0 bridgehead atoms. The van der Waals surface area contributed by atoms with Crippen LogP contribution in [0.25, 0.3) is 0 Å². The predicted molar refractivity (Wildman–Crippen MR) is 75.8 cm³/mol. The van der Waals surface area contributed by atoms with E-state index in [1.807, 2.05) is 0 Å². The molecule has 1 N–H and O–H groups in total. The molecule has 0 aliphatic carbocycles. The van der Waals surface area contributed by atoms with Crippen LogP contribution in [0.1, 0.15) is 29.8 Å². The molecule has 5 heteroatoms. The summed E-state index contributed by atoms with van der Waals surface area (Å²) in [4.78, 5) is 13.1. The fourth-order valence-corrected chi connectivity index (χ4v) is 2.19.